The summed E-state index contributed by atoms with van der Waals surface area (Å²) in [7, 11) is 1.70. The number of ether oxygens (including phenoxy) is 2. The number of guanidine groups is 1. The van der Waals surface area contributed by atoms with E-state index < -0.39 is 0 Å². The van der Waals surface area contributed by atoms with Crippen LogP contribution in [-0.4, -0.2) is 32.3 Å². The summed E-state index contributed by atoms with van der Waals surface area (Å²) < 4.78 is 11.6. The average molecular weight is 473 g/mol. The number of methoxy groups -OCH3 is 1. The Bertz CT molecular complexity index is 584. The molecule has 1 aromatic carbocycles. The van der Waals surface area contributed by atoms with Crippen LogP contribution < -0.4 is 20.1 Å². The molecule has 6 heteroatoms. The number of nitrogens with one attached hydrogen (secondary N) is 2. The van der Waals surface area contributed by atoms with E-state index in [9.17, 15) is 0 Å². The molecule has 0 amide bonds. The lowest BCUT2D eigenvalue weighted by atomic mass is 10.2. The number of hydrogen-bond donors (Lipinski definition) is 2. The highest BCUT2D eigenvalue weighted by Gasteiger charge is 2.21. The molecule has 0 aromatic heterocycles. The smallest absolute Gasteiger partial charge is 0.191 e. The molecule has 5 nitrogen and oxygen atoms in total. The minimum Gasteiger partial charge on any atom is -0.493 e. The van der Waals surface area contributed by atoms with E-state index in [4.69, 9.17) is 9.47 Å². The number of aliphatic imine (C=N–C) groups is 1. The van der Waals surface area contributed by atoms with Crippen molar-refractivity contribution in [1.29, 1.82) is 0 Å². The summed E-state index contributed by atoms with van der Waals surface area (Å²) in [6, 6.07) is 6.14. The fourth-order valence-electron chi connectivity index (χ4n) is 3.17. The van der Waals surface area contributed by atoms with E-state index in [0.29, 0.717) is 12.6 Å². The molecule has 2 saturated carbocycles. The second-order valence-corrected chi connectivity index (χ2v) is 7.03. The van der Waals surface area contributed by atoms with Gasteiger partial charge < -0.3 is 20.1 Å². The molecular weight excluding hydrogens is 441 g/mol. The minimum atomic E-state index is 0. The first-order chi connectivity index (χ1) is 12.3. The molecule has 0 unspecified atom stereocenters. The Balaban J connectivity index is 0.00000243. The van der Waals surface area contributed by atoms with Gasteiger partial charge in [0.2, 0.25) is 0 Å². The van der Waals surface area contributed by atoms with Gasteiger partial charge in [0.25, 0.3) is 0 Å². The molecule has 0 saturated heterocycles. The van der Waals surface area contributed by atoms with Crippen molar-refractivity contribution in [1.82, 2.24) is 10.6 Å². The molecule has 26 heavy (non-hydrogen) atoms. The van der Waals surface area contributed by atoms with E-state index in [-0.39, 0.29) is 24.0 Å². The first-order valence-corrected chi connectivity index (χ1v) is 9.64. The van der Waals surface area contributed by atoms with Crippen LogP contribution in [0.2, 0.25) is 0 Å². The number of nitrogens with zero attached hydrogens (tertiary/aromatic N) is 1. The van der Waals surface area contributed by atoms with Crippen LogP contribution in [0, 0.1) is 5.92 Å². The molecule has 0 bridgehead atoms. The maximum absolute atomic E-state index is 6.10. The first kappa shape index (κ1) is 21.1. The van der Waals surface area contributed by atoms with Crippen LogP contribution in [0.3, 0.4) is 0 Å². The second-order valence-electron chi connectivity index (χ2n) is 7.03. The van der Waals surface area contributed by atoms with Gasteiger partial charge in [-0.05, 0) is 69.1 Å². The Morgan fingerprint density at radius 1 is 1.12 bits per heavy atom. The number of benzene rings is 1. The highest BCUT2D eigenvalue weighted by Crippen LogP contribution is 2.32. The van der Waals surface area contributed by atoms with Crippen molar-refractivity contribution in [2.45, 2.75) is 58.1 Å². The summed E-state index contributed by atoms with van der Waals surface area (Å²) in [4.78, 5) is 4.69. The Labute approximate surface area is 174 Å². The topological polar surface area (TPSA) is 54.9 Å². The van der Waals surface area contributed by atoms with Crippen LogP contribution in [0.15, 0.2) is 23.2 Å². The fraction of sp³-hybridized carbons (Fsp3) is 0.650. The van der Waals surface area contributed by atoms with Gasteiger partial charge in [-0.25, -0.2) is 4.99 Å². The molecule has 3 rings (SSSR count). The molecule has 2 aliphatic carbocycles. The molecule has 0 heterocycles. The molecular formula is C20H32IN3O2. The predicted molar refractivity (Wildman–Crippen MR) is 117 cm³/mol. The third-order valence-electron chi connectivity index (χ3n) is 4.84. The quantitative estimate of drug-likeness (QED) is 0.339. The second kappa shape index (κ2) is 10.8. The van der Waals surface area contributed by atoms with Gasteiger partial charge in [0.15, 0.2) is 17.5 Å². The fourth-order valence-corrected chi connectivity index (χ4v) is 3.17. The number of rotatable bonds is 8. The largest absolute Gasteiger partial charge is 0.493 e. The van der Waals surface area contributed by atoms with Crippen LogP contribution in [0.5, 0.6) is 11.5 Å². The maximum Gasteiger partial charge on any atom is 0.191 e. The lowest BCUT2D eigenvalue weighted by Gasteiger charge is -2.16. The summed E-state index contributed by atoms with van der Waals surface area (Å²) in [6.45, 7) is 4.60. The van der Waals surface area contributed by atoms with E-state index in [1.165, 1.54) is 25.7 Å². The Morgan fingerprint density at radius 3 is 2.54 bits per heavy atom. The molecule has 2 N–H and O–H groups in total. The Morgan fingerprint density at radius 2 is 1.88 bits per heavy atom. The molecule has 1 aromatic rings. The van der Waals surface area contributed by atoms with Gasteiger partial charge in [0.05, 0.1) is 19.8 Å². The number of halogens is 1. The molecule has 2 fully saturated rings. The van der Waals surface area contributed by atoms with E-state index in [1.807, 2.05) is 12.1 Å². The summed E-state index contributed by atoms with van der Waals surface area (Å²) in [5.74, 6) is 3.37. The van der Waals surface area contributed by atoms with Gasteiger partial charge >= 0.3 is 0 Å². The van der Waals surface area contributed by atoms with Crippen molar-refractivity contribution in [2.75, 3.05) is 20.2 Å². The normalized spacial score (nSPS) is 17.5. The van der Waals surface area contributed by atoms with E-state index >= 15 is 0 Å². The van der Waals surface area contributed by atoms with Crippen molar-refractivity contribution in [3.63, 3.8) is 0 Å². The lowest BCUT2D eigenvalue weighted by Crippen LogP contribution is -2.38. The van der Waals surface area contributed by atoms with Crippen LogP contribution >= 0.6 is 24.0 Å². The summed E-state index contributed by atoms with van der Waals surface area (Å²) in [5, 5.41) is 6.73. The highest BCUT2D eigenvalue weighted by molar-refractivity contribution is 14.0. The van der Waals surface area contributed by atoms with Gasteiger partial charge in [0, 0.05) is 13.1 Å². The van der Waals surface area contributed by atoms with E-state index in [1.54, 1.807) is 7.11 Å². The Kier molecular flexibility index (Phi) is 8.81. The van der Waals surface area contributed by atoms with Crippen molar-refractivity contribution >= 4 is 29.9 Å². The SMILES string of the molecule is CCNC(=NCc1ccc(OC2CCCC2)c(OC)c1)NCC1CC1.I. The monoisotopic (exact) mass is 473 g/mol. The van der Waals surface area contributed by atoms with Gasteiger partial charge in [0.1, 0.15) is 0 Å². The number of hydrogen-bond acceptors (Lipinski definition) is 3. The van der Waals surface area contributed by atoms with Crippen LogP contribution in [0.4, 0.5) is 0 Å². The third kappa shape index (κ3) is 6.52. The molecule has 0 aliphatic heterocycles. The molecule has 0 spiro atoms. The van der Waals surface area contributed by atoms with Crippen molar-refractivity contribution in [3.8, 4) is 11.5 Å². The molecule has 0 atom stereocenters. The molecule has 146 valence electrons. The van der Waals surface area contributed by atoms with E-state index in [2.05, 4.69) is 28.6 Å². The molecule has 2 aliphatic rings. The average Bonchev–Trinajstić information content (AvgIpc) is 3.33. The van der Waals surface area contributed by atoms with Crippen LogP contribution in [0.25, 0.3) is 0 Å². The standard InChI is InChI=1S/C20H31N3O2.HI/c1-3-21-20(22-13-15-8-9-15)23-14-16-10-11-18(19(12-16)24-2)25-17-6-4-5-7-17;/h10-12,15,17H,3-9,13-14H2,1-2H3,(H2,21,22,23);1H. The summed E-state index contributed by atoms with van der Waals surface area (Å²) >= 11 is 0. The van der Waals surface area contributed by atoms with Crippen molar-refractivity contribution in [2.24, 2.45) is 10.9 Å². The van der Waals surface area contributed by atoms with Crippen molar-refractivity contribution < 1.29 is 9.47 Å². The lowest BCUT2D eigenvalue weighted by molar-refractivity contribution is 0.200. The van der Waals surface area contributed by atoms with E-state index in [0.717, 1.165) is 54.9 Å². The minimum absolute atomic E-state index is 0. The summed E-state index contributed by atoms with van der Waals surface area (Å²) in [6.07, 6.45) is 7.84. The maximum atomic E-state index is 6.10. The zero-order chi connectivity index (χ0) is 17.5. The van der Waals surface area contributed by atoms with Crippen LogP contribution in [0.1, 0.15) is 51.0 Å². The van der Waals surface area contributed by atoms with Gasteiger partial charge in [-0.2, -0.15) is 0 Å². The van der Waals surface area contributed by atoms with Gasteiger partial charge in [-0.3, -0.25) is 0 Å². The van der Waals surface area contributed by atoms with Gasteiger partial charge in [-0.1, -0.05) is 6.07 Å². The van der Waals surface area contributed by atoms with Gasteiger partial charge in [-0.15, -0.1) is 24.0 Å². The zero-order valence-electron chi connectivity index (χ0n) is 15.9. The summed E-state index contributed by atoms with van der Waals surface area (Å²) in [5.41, 5.74) is 1.12. The highest BCUT2D eigenvalue weighted by atomic mass is 127. The Hall–Kier alpha value is -1.18. The van der Waals surface area contributed by atoms with Crippen molar-refractivity contribution in [3.05, 3.63) is 23.8 Å². The predicted octanol–water partition coefficient (Wildman–Crippen LogP) is 4.10. The first-order valence-electron chi connectivity index (χ1n) is 9.64. The molecule has 0 radical (unpaired) electrons. The van der Waals surface area contributed by atoms with Crippen LogP contribution in [-0.2, 0) is 6.54 Å². The third-order valence-corrected chi connectivity index (χ3v) is 4.84. The zero-order valence-corrected chi connectivity index (χ0v) is 18.3.